The van der Waals surface area contributed by atoms with Crippen LogP contribution < -0.4 is 0 Å². The third-order valence-electron chi connectivity index (χ3n) is 3.37. The van der Waals surface area contributed by atoms with Crippen LogP contribution in [0, 0.1) is 0 Å². The molecule has 1 aliphatic rings. The lowest BCUT2D eigenvalue weighted by Gasteiger charge is -2.45. The van der Waals surface area contributed by atoms with Gasteiger partial charge in [0, 0.05) is 7.77 Å². The van der Waals surface area contributed by atoms with Gasteiger partial charge >= 0.3 is 0 Å². The SMILES string of the molecule is [2H]C(c1ccccc1)C1(O)O[C@H](COC=C)[C@H](O)[C@H](O)[C@H]1O. The van der Waals surface area contributed by atoms with E-state index in [4.69, 9.17) is 10.8 Å². The van der Waals surface area contributed by atoms with E-state index in [2.05, 4.69) is 6.58 Å². The normalized spacial score (nSPS) is 38.4. The van der Waals surface area contributed by atoms with Gasteiger partial charge in [-0.2, -0.15) is 0 Å². The predicted molar refractivity (Wildman–Crippen MR) is 74.1 cm³/mol. The van der Waals surface area contributed by atoms with E-state index in [1.54, 1.807) is 30.3 Å². The first-order valence-electron chi connectivity index (χ1n) is 7.13. The molecule has 0 aliphatic carbocycles. The van der Waals surface area contributed by atoms with E-state index >= 15 is 0 Å². The molecule has 0 amide bonds. The van der Waals surface area contributed by atoms with Gasteiger partial charge in [-0.05, 0) is 5.56 Å². The molecule has 6 atom stereocenters. The minimum Gasteiger partial charge on any atom is -0.499 e. The van der Waals surface area contributed by atoms with Crippen LogP contribution in [-0.4, -0.2) is 57.2 Å². The zero-order chi connectivity index (χ0) is 16.3. The fourth-order valence-corrected chi connectivity index (χ4v) is 2.24. The highest BCUT2D eigenvalue weighted by Crippen LogP contribution is 2.31. The van der Waals surface area contributed by atoms with Gasteiger partial charge < -0.3 is 29.9 Å². The molecule has 0 aromatic heterocycles. The van der Waals surface area contributed by atoms with Gasteiger partial charge in [-0.15, -0.1) is 0 Å². The van der Waals surface area contributed by atoms with Gasteiger partial charge in [-0.25, -0.2) is 0 Å². The molecule has 116 valence electrons. The molecule has 0 bridgehead atoms. The second-order valence-corrected chi connectivity index (χ2v) is 4.89. The Kier molecular flexibility index (Phi) is 4.52. The van der Waals surface area contributed by atoms with Gasteiger partial charge in [-0.3, -0.25) is 0 Å². The molecule has 2 unspecified atom stereocenters. The fourth-order valence-electron chi connectivity index (χ4n) is 2.24. The lowest BCUT2D eigenvalue weighted by molar-refractivity contribution is -0.348. The Labute approximate surface area is 124 Å². The maximum Gasteiger partial charge on any atom is 0.199 e. The number of ether oxygens (including phenoxy) is 2. The smallest absolute Gasteiger partial charge is 0.199 e. The summed E-state index contributed by atoms with van der Waals surface area (Å²) in [6, 6.07) is 8.30. The molecule has 1 aliphatic heterocycles. The average molecular weight is 297 g/mol. The predicted octanol–water partition coefficient (Wildman–Crippen LogP) is -0.441. The summed E-state index contributed by atoms with van der Waals surface area (Å²) in [6.07, 6.45) is -6.34. The summed E-state index contributed by atoms with van der Waals surface area (Å²) in [5.74, 6) is -2.38. The molecule has 2 rings (SSSR count). The number of aliphatic hydroxyl groups is 4. The van der Waals surface area contributed by atoms with E-state index in [0.717, 1.165) is 6.26 Å². The highest BCUT2D eigenvalue weighted by molar-refractivity contribution is 5.17. The van der Waals surface area contributed by atoms with Gasteiger partial charge in [0.15, 0.2) is 5.79 Å². The number of aliphatic hydroxyl groups excluding tert-OH is 3. The fraction of sp³-hybridized carbons (Fsp3) is 0.467. The van der Waals surface area contributed by atoms with Gasteiger partial charge in [-0.1, -0.05) is 36.9 Å². The van der Waals surface area contributed by atoms with Gasteiger partial charge in [0.25, 0.3) is 0 Å². The van der Waals surface area contributed by atoms with Crippen molar-refractivity contribution < 1.29 is 31.3 Å². The van der Waals surface area contributed by atoms with Gasteiger partial charge in [0.05, 0.1) is 6.26 Å². The van der Waals surface area contributed by atoms with Crippen LogP contribution in [-0.2, 0) is 15.9 Å². The van der Waals surface area contributed by atoms with Crippen LogP contribution in [0.2, 0.25) is 0 Å². The van der Waals surface area contributed by atoms with Gasteiger partial charge in [0.2, 0.25) is 0 Å². The highest BCUT2D eigenvalue weighted by Gasteiger charge is 2.52. The summed E-state index contributed by atoms with van der Waals surface area (Å²) in [5, 5.41) is 40.5. The zero-order valence-electron chi connectivity index (χ0n) is 12.4. The van der Waals surface area contributed by atoms with E-state index < -0.39 is 36.6 Å². The van der Waals surface area contributed by atoms with Crippen molar-refractivity contribution in [2.75, 3.05) is 6.61 Å². The molecule has 21 heavy (non-hydrogen) atoms. The summed E-state index contributed by atoms with van der Waals surface area (Å²) >= 11 is 0. The maximum atomic E-state index is 10.6. The van der Waals surface area contributed by atoms with Crippen LogP contribution in [0.25, 0.3) is 0 Å². The molecule has 1 fully saturated rings. The summed E-state index contributed by atoms with van der Waals surface area (Å²) in [5.41, 5.74) is 0.399. The maximum absolute atomic E-state index is 10.6. The van der Waals surface area contributed by atoms with Crippen molar-refractivity contribution in [3.8, 4) is 0 Å². The second kappa shape index (κ2) is 6.55. The Morgan fingerprint density at radius 2 is 1.95 bits per heavy atom. The van der Waals surface area contributed by atoms with Crippen LogP contribution in [0.3, 0.4) is 0 Å². The molecule has 1 heterocycles. The summed E-state index contributed by atoms with van der Waals surface area (Å²) in [6.45, 7) is 3.17. The molecule has 1 aromatic carbocycles. The largest absolute Gasteiger partial charge is 0.499 e. The molecule has 0 spiro atoms. The van der Waals surface area contributed by atoms with Crippen molar-refractivity contribution in [1.82, 2.24) is 0 Å². The lowest BCUT2D eigenvalue weighted by atomic mass is 9.89. The van der Waals surface area contributed by atoms with E-state index in [9.17, 15) is 20.4 Å². The molecule has 0 saturated carbocycles. The third kappa shape index (κ3) is 3.42. The molecule has 1 saturated heterocycles. The van der Waals surface area contributed by atoms with Crippen LogP contribution in [0.15, 0.2) is 43.2 Å². The third-order valence-corrected chi connectivity index (χ3v) is 3.37. The first-order chi connectivity index (χ1) is 10.4. The second-order valence-electron chi connectivity index (χ2n) is 4.89. The van der Waals surface area contributed by atoms with Crippen molar-refractivity contribution in [2.24, 2.45) is 0 Å². The Bertz CT molecular complexity index is 498. The minimum absolute atomic E-state index is 0.182. The minimum atomic E-state index is -2.38. The van der Waals surface area contributed by atoms with Crippen LogP contribution in [0.5, 0.6) is 0 Å². The van der Waals surface area contributed by atoms with Crippen LogP contribution >= 0.6 is 0 Å². The van der Waals surface area contributed by atoms with Crippen LogP contribution in [0.4, 0.5) is 0 Å². The monoisotopic (exact) mass is 297 g/mol. The van der Waals surface area contributed by atoms with E-state index in [1.165, 1.54) is 0 Å². The molecular formula is C15H20O6. The highest BCUT2D eigenvalue weighted by atomic mass is 16.7. The quantitative estimate of drug-likeness (QED) is 0.550. The van der Waals surface area contributed by atoms with Crippen LogP contribution in [0.1, 0.15) is 6.93 Å². The number of rotatable bonds is 5. The Balaban J connectivity index is 2.27. The lowest BCUT2D eigenvalue weighted by Crippen LogP contribution is -2.66. The topological polar surface area (TPSA) is 99.4 Å². The first kappa shape index (κ1) is 14.5. The van der Waals surface area contributed by atoms with Crippen molar-refractivity contribution in [2.45, 2.75) is 36.6 Å². The van der Waals surface area contributed by atoms with E-state index in [1.807, 2.05) is 0 Å². The summed E-state index contributed by atoms with van der Waals surface area (Å²) in [4.78, 5) is 0. The van der Waals surface area contributed by atoms with E-state index in [0.29, 0.717) is 5.56 Å². The Hall–Kier alpha value is -1.44. The van der Waals surface area contributed by atoms with Gasteiger partial charge in [0.1, 0.15) is 31.0 Å². The zero-order valence-corrected chi connectivity index (χ0v) is 11.4. The molecule has 0 radical (unpaired) electrons. The first-order valence-corrected chi connectivity index (χ1v) is 6.56. The van der Waals surface area contributed by atoms with Crippen molar-refractivity contribution in [3.05, 3.63) is 48.7 Å². The number of benzene rings is 1. The van der Waals surface area contributed by atoms with Crippen molar-refractivity contribution >= 4 is 0 Å². The van der Waals surface area contributed by atoms with Crippen molar-refractivity contribution in [1.29, 1.82) is 0 Å². The number of hydrogen-bond donors (Lipinski definition) is 4. The standard InChI is InChI=1S/C15H20O6/c1-2-20-9-11-12(16)13(17)14(18)15(19,21-11)8-10-6-4-3-5-7-10/h2-7,11-14,16-19H,1,8-9H2/t11-,12+,13+,14-,15?/m1/s1/i8D/t8?,11-,12+,13+,14-,15?. The molecule has 6 nitrogen and oxygen atoms in total. The van der Waals surface area contributed by atoms with Crippen molar-refractivity contribution in [3.63, 3.8) is 0 Å². The summed E-state index contributed by atoms with van der Waals surface area (Å²) < 4.78 is 18.4. The van der Waals surface area contributed by atoms with E-state index in [-0.39, 0.29) is 6.61 Å². The summed E-state index contributed by atoms with van der Waals surface area (Å²) in [7, 11) is 0. The Morgan fingerprint density at radius 3 is 2.57 bits per heavy atom. The molecule has 4 N–H and O–H groups in total. The average Bonchev–Trinajstić information content (AvgIpc) is 2.55. The Morgan fingerprint density at radius 1 is 1.29 bits per heavy atom. The molecule has 1 aromatic rings. The molecule has 6 heteroatoms. The number of hydrogen-bond acceptors (Lipinski definition) is 6. The molecular weight excluding hydrogens is 276 g/mol.